The highest BCUT2D eigenvalue weighted by atomic mass is 79.9. The maximum absolute atomic E-state index is 13.6. The summed E-state index contributed by atoms with van der Waals surface area (Å²) in [6, 6.07) is 9.86. The van der Waals surface area contributed by atoms with Crippen molar-refractivity contribution in [3.05, 3.63) is 57.8 Å². The van der Waals surface area contributed by atoms with Crippen molar-refractivity contribution in [3.63, 3.8) is 0 Å². The molecule has 0 aromatic heterocycles. The normalized spacial score (nSPS) is 10.4. The molecule has 0 unspecified atom stereocenters. The predicted molar refractivity (Wildman–Crippen MR) is 98.9 cm³/mol. The van der Waals surface area contributed by atoms with E-state index in [9.17, 15) is 9.18 Å². The van der Waals surface area contributed by atoms with Crippen molar-refractivity contribution >= 4 is 21.8 Å². The maximum atomic E-state index is 13.6. The van der Waals surface area contributed by atoms with Crippen LogP contribution in [-0.2, 0) is 6.42 Å². The molecular weight excluding hydrogens is 389 g/mol. The molecule has 0 atom stereocenters. The number of halogens is 2. The van der Waals surface area contributed by atoms with Crippen LogP contribution in [0.1, 0.15) is 29.3 Å². The van der Waals surface area contributed by atoms with Crippen molar-refractivity contribution in [2.75, 3.05) is 20.3 Å². The second-order valence-electron chi connectivity index (χ2n) is 5.44. The summed E-state index contributed by atoms with van der Waals surface area (Å²) in [5.41, 5.74) is 1.02. The van der Waals surface area contributed by atoms with Crippen LogP contribution in [0.2, 0.25) is 0 Å². The Hall–Kier alpha value is -2.08. The first-order valence-electron chi connectivity index (χ1n) is 8.08. The van der Waals surface area contributed by atoms with Gasteiger partial charge in [-0.05, 0) is 52.5 Å². The van der Waals surface area contributed by atoms with Gasteiger partial charge in [0.2, 0.25) is 0 Å². The molecule has 0 aliphatic carbocycles. The van der Waals surface area contributed by atoms with E-state index >= 15 is 0 Å². The number of carbonyl (C=O) groups excluding carboxylic acids is 1. The van der Waals surface area contributed by atoms with E-state index in [1.165, 1.54) is 13.2 Å². The molecule has 4 nitrogen and oxygen atoms in total. The van der Waals surface area contributed by atoms with Crippen molar-refractivity contribution in [3.8, 4) is 11.5 Å². The molecule has 6 heteroatoms. The Bertz CT molecular complexity index is 737. The molecule has 0 radical (unpaired) electrons. The van der Waals surface area contributed by atoms with Crippen LogP contribution in [0.25, 0.3) is 0 Å². The second kappa shape index (κ2) is 9.42. The Morgan fingerprint density at radius 3 is 2.72 bits per heavy atom. The molecule has 134 valence electrons. The molecular formula is C19H21BrFNO3. The fourth-order valence-electron chi connectivity index (χ4n) is 2.31. The highest BCUT2D eigenvalue weighted by Crippen LogP contribution is 2.36. The van der Waals surface area contributed by atoms with Crippen LogP contribution in [0.5, 0.6) is 11.5 Å². The number of hydrogen-bond acceptors (Lipinski definition) is 3. The Morgan fingerprint density at radius 2 is 2.04 bits per heavy atom. The van der Waals surface area contributed by atoms with Gasteiger partial charge in [0.15, 0.2) is 11.5 Å². The third kappa shape index (κ3) is 5.19. The van der Waals surface area contributed by atoms with Gasteiger partial charge in [-0.15, -0.1) is 0 Å². The lowest BCUT2D eigenvalue weighted by atomic mass is 10.1. The van der Waals surface area contributed by atoms with E-state index in [4.69, 9.17) is 9.47 Å². The summed E-state index contributed by atoms with van der Waals surface area (Å²) in [7, 11) is 1.53. The molecule has 2 aromatic carbocycles. The SMILES string of the molecule is CCCOc1c(Br)cc(C(=O)NCCc2ccccc2F)cc1OC. The minimum absolute atomic E-state index is 0.252. The molecule has 2 rings (SSSR count). The lowest BCUT2D eigenvalue weighted by molar-refractivity contribution is 0.0953. The molecule has 0 saturated heterocycles. The number of amides is 1. The van der Waals surface area contributed by atoms with Gasteiger partial charge in [0.1, 0.15) is 5.82 Å². The molecule has 0 saturated carbocycles. The first kappa shape index (κ1) is 19.2. The topological polar surface area (TPSA) is 47.6 Å². The molecule has 0 heterocycles. The summed E-state index contributed by atoms with van der Waals surface area (Å²) in [6.07, 6.45) is 1.29. The third-order valence-electron chi connectivity index (χ3n) is 3.58. The standard InChI is InChI=1S/C19H21BrFNO3/c1-3-10-25-18-15(20)11-14(12-17(18)24-2)19(23)22-9-8-13-6-4-5-7-16(13)21/h4-7,11-12H,3,8-10H2,1-2H3,(H,22,23). The lowest BCUT2D eigenvalue weighted by Gasteiger charge is -2.14. The van der Waals surface area contributed by atoms with Crippen molar-refractivity contribution in [1.29, 1.82) is 0 Å². The van der Waals surface area contributed by atoms with Gasteiger partial charge in [0.05, 0.1) is 18.2 Å². The molecule has 1 N–H and O–H groups in total. The Morgan fingerprint density at radius 1 is 1.28 bits per heavy atom. The monoisotopic (exact) mass is 409 g/mol. The van der Waals surface area contributed by atoms with Gasteiger partial charge in [-0.3, -0.25) is 4.79 Å². The summed E-state index contributed by atoms with van der Waals surface area (Å²) in [4.78, 5) is 12.3. The maximum Gasteiger partial charge on any atom is 0.251 e. The second-order valence-corrected chi connectivity index (χ2v) is 6.29. The van der Waals surface area contributed by atoms with Gasteiger partial charge in [-0.2, -0.15) is 0 Å². The van der Waals surface area contributed by atoms with Crippen LogP contribution >= 0.6 is 15.9 Å². The smallest absolute Gasteiger partial charge is 0.251 e. The third-order valence-corrected chi connectivity index (χ3v) is 4.17. The molecule has 0 aliphatic rings. The Labute approximate surface area is 155 Å². The predicted octanol–water partition coefficient (Wildman–Crippen LogP) is 4.36. The van der Waals surface area contributed by atoms with Crippen LogP contribution in [0.3, 0.4) is 0 Å². The molecule has 0 spiro atoms. The molecule has 0 fully saturated rings. The van der Waals surface area contributed by atoms with E-state index in [0.717, 1.165) is 6.42 Å². The first-order chi connectivity index (χ1) is 12.1. The zero-order valence-corrected chi connectivity index (χ0v) is 15.9. The number of nitrogens with one attached hydrogen (secondary N) is 1. The van der Waals surface area contributed by atoms with E-state index in [2.05, 4.69) is 21.2 Å². The van der Waals surface area contributed by atoms with Crippen molar-refractivity contribution < 1.29 is 18.7 Å². The minimum Gasteiger partial charge on any atom is -0.493 e. The van der Waals surface area contributed by atoms with E-state index in [1.54, 1.807) is 30.3 Å². The van der Waals surface area contributed by atoms with E-state index in [0.29, 0.717) is 46.7 Å². The zero-order valence-electron chi connectivity index (χ0n) is 14.3. The largest absolute Gasteiger partial charge is 0.493 e. The van der Waals surface area contributed by atoms with Crippen LogP contribution in [0.4, 0.5) is 4.39 Å². The van der Waals surface area contributed by atoms with E-state index in [1.807, 2.05) is 6.92 Å². The highest BCUT2D eigenvalue weighted by molar-refractivity contribution is 9.10. The average Bonchev–Trinajstić information content (AvgIpc) is 2.61. The van der Waals surface area contributed by atoms with Gasteiger partial charge in [0, 0.05) is 12.1 Å². The molecule has 2 aromatic rings. The fraction of sp³-hybridized carbons (Fsp3) is 0.316. The molecule has 1 amide bonds. The quantitative estimate of drug-likeness (QED) is 0.704. The number of benzene rings is 2. The van der Waals surface area contributed by atoms with Gasteiger partial charge >= 0.3 is 0 Å². The van der Waals surface area contributed by atoms with Crippen LogP contribution < -0.4 is 14.8 Å². The van der Waals surface area contributed by atoms with Crippen LogP contribution in [0, 0.1) is 5.82 Å². The summed E-state index contributed by atoms with van der Waals surface area (Å²) in [5.74, 6) is 0.547. The number of hydrogen-bond donors (Lipinski definition) is 1. The number of carbonyl (C=O) groups is 1. The summed E-state index contributed by atoms with van der Waals surface area (Å²) < 4.78 is 25.2. The van der Waals surface area contributed by atoms with Crippen molar-refractivity contribution in [1.82, 2.24) is 5.32 Å². The van der Waals surface area contributed by atoms with E-state index in [-0.39, 0.29) is 11.7 Å². The van der Waals surface area contributed by atoms with Crippen LogP contribution in [-0.4, -0.2) is 26.2 Å². The molecule has 0 bridgehead atoms. The summed E-state index contributed by atoms with van der Waals surface area (Å²) >= 11 is 3.42. The van der Waals surface area contributed by atoms with Crippen LogP contribution in [0.15, 0.2) is 40.9 Å². The van der Waals surface area contributed by atoms with E-state index < -0.39 is 0 Å². The molecule has 25 heavy (non-hydrogen) atoms. The lowest BCUT2D eigenvalue weighted by Crippen LogP contribution is -2.26. The summed E-state index contributed by atoms with van der Waals surface area (Å²) in [6.45, 7) is 2.91. The van der Waals surface area contributed by atoms with Gasteiger partial charge in [0.25, 0.3) is 5.91 Å². The van der Waals surface area contributed by atoms with Gasteiger partial charge in [-0.1, -0.05) is 25.1 Å². The molecule has 0 aliphatic heterocycles. The minimum atomic E-state index is -0.265. The zero-order chi connectivity index (χ0) is 18.2. The number of methoxy groups -OCH3 is 1. The fourth-order valence-corrected chi connectivity index (χ4v) is 2.87. The highest BCUT2D eigenvalue weighted by Gasteiger charge is 2.15. The van der Waals surface area contributed by atoms with Crippen molar-refractivity contribution in [2.45, 2.75) is 19.8 Å². The average molecular weight is 410 g/mol. The Kier molecular flexibility index (Phi) is 7.25. The number of ether oxygens (including phenoxy) is 2. The number of rotatable bonds is 8. The van der Waals surface area contributed by atoms with Gasteiger partial charge < -0.3 is 14.8 Å². The first-order valence-corrected chi connectivity index (χ1v) is 8.88. The van der Waals surface area contributed by atoms with Gasteiger partial charge in [-0.25, -0.2) is 4.39 Å². The summed E-state index contributed by atoms with van der Waals surface area (Å²) in [5, 5.41) is 2.79. The Balaban J connectivity index is 2.03. The van der Waals surface area contributed by atoms with Crippen molar-refractivity contribution in [2.24, 2.45) is 0 Å².